The van der Waals surface area contributed by atoms with E-state index < -0.39 is 0 Å². The molecule has 0 saturated carbocycles. The van der Waals surface area contributed by atoms with Crippen molar-refractivity contribution in [2.24, 2.45) is 0 Å². The maximum absolute atomic E-state index is 3.24. The van der Waals surface area contributed by atoms with Gasteiger partial charge >= 0.3 is 0 Å². The molecule has 0 aromatic rings. The summed E-state index contributed by atoms with van der Waals surface area (Å²) >= 11 is 1.89. The summed E-state index contributed by atoms with van der Waals surface area (Å²) in [5.74, 6) is 8.61. The molecule has 0 spiro atoms. The van der Waals surface area contributed by atoms with E-state index in [-0.39, 0.29) is 0 Å². The van der Waals surface area contributed by atoms with Crippen molar-refractivity contribution in [3.8, 4) is 11.8 Å². The first kappa shape index (κ1) is 13.9. The molecular formula is C12H23NS. The Kier molecular flexibility index (Phi) is 10.8. The third-order valence-corrected chi connectivity index (χ3v) is 2.64. The van der Waals surface area contributed by atoms with Crippen molar-refractivity contribution in [2.75, 3.05) is 31.1 Å². The Hall–Kier alpha value is -0.130. The predicted molar refractivity (Wildman–Crippen MR) is 67.8 cm³/mol. The topological polar surface area (TPSA) is 3.24 Å². The summed E-state index contributed by atoms with van der Waals surface area (Å²) in [6.07, 6.45) is 2.46. The minimum absolute atomic E-state index is 0.950. The Labute approximate surface area is 93.6 Å². The molecule has 0 saturated heterocycles. The summed E-state index contributed by atoms with van der Waals surface area (Å²) in [6.45, 7) is 9.94. The van der Waals surface area contributed by atoms with E-state index in [4.69, 9.17) is 0 Å². The Balaban J connectivity index is 3.60. The van der Waals surface area contributed by atoms with Crippen molar-refractivity contribution in [1.29, 1.82) is 0 Å². The van der Waals surface area contributed by atoms with E-state index in [0.29, 0.717) is 0 Å². The molecule has 1 nitrogen and oxygen atoms in total. The molecule has 0 atom stereocenters. The van der Waals surface area contributed by atoms with Crippen LogP contribution in [0, 0.1) is 11.8 Å². The van der Waals surface area contributed by atoms with Crippen LogP contribution in [0.3, 0.4) is 0 Å². The average molecular weight is 213 g/mol. The third-order valence-electron chi connectivity index (χ3n) is 1.89. The zero-order chi connectivity index (χ0) is 10.6. The Morgan fingerprint density at radius 3 is 2.14 bits per heavy atom. The van der Waals surface area contributed by atoms with Crippen LogP contribution in [0.25, 0.3) is 0 Å². The number of rotatable bonds is 7. The van der Waals surface area contributed by atoms with Gasteiger partial charge in [-0.05, 0) is 31.7 Å². The molecule has 82 valence electrons. The molecule has 0 unspecified atom stereocenters. The fraction of sp³-hybridized carbons (Fsp3) is 0.833. The van der Waals surface area contributed by atoms with Gasteiger partial charge in [-0.15, -0.1) is 11.8 Å². The quantitative estimate of drug-likeness (QED) is 0.472. The Morgan fingerprint density at radius 2 is 1.64 bits per heavy atom. The van der Waals surface area contributed by atoms with Gasteiger partial charge in [-0.1, -0.05) is 32.6 Å². The lowest BCUT2D eigenvalue weighted by atomic mass is 10.3. The first-order valence-electron chi connectivity index (χ1n) is 5.60. The van der Waals surface area contributed by atoms with Gasteiger partial charge in [0.25, 0.3) is 0 Å². The molecule has 0 N–H and O–H groups in total. The van der Waals surface area contributed by atoms with Crippen molar-refractivity contribution >= 4 is 11.8 Å². The van der Waals surface area contributed by atoms with Crippen LogP contribution in [0.5, 0.6) is 0 Å². The molecule has 0 aliphatic carbocycles. The molecular weight excluding hydrogens is 190 g/mol. The highest BCUT2D eigenvalue weighted by Gasteiger charge is 1.98. The number of hydrogen-bond acceptors (Lipinski definition) is 2. The number of nitrogens with zero attached hydrogens (tertiary/aromatic N) is 1. The fourth-order valence-corrected chi connectivity index (χ4v) is 1.68. The van der Waals surface area contributed by atoms with Crippen LogP contribution < -0.4 is 0 Å². The molecule has 0 amide bonds. The van der Waals surface area contributed by atoms with Crippen LogP contribution >= 0.6 is 11.8 Å². The molecule has 0 bridgehead atoms. The molecule has 0 rings (SSSR count). The second-order valence-electron chi connectivity index (χ2n) is 3.27. The van der Waals surface area contributed by atoms with E-state index in [1.165, 1.54) is 31.7 Å². The standard InChI is InChI=1S/C12H23NS/c1-4-9-13(10-5-2)11-7-8-12-14-6-3/h4-6,9-12H2,1-3H3. The summed E-state index contributed by atoms with van der Waals surface area (Å²) in [5.41, 5.74) is 0. The molecule has 0 radical (unpaired) electrons. The molecule has 14 heavy (non-hydrogen) atoms. The van der Waals surface area contributed by atoms with Crippen molar-refractivity contribution in [3.05, 3.63) is 0 Å². The van der Waals surface area contributed by atoms with E-state index in [2.05, 4.69) is 37.5 Å². The van der Waals surface area contributed by atoms with Gasteiger partial charge in [-0.25, -0.2) is 0 Å². The van der Waals surface area contributed by atoms with Crippen LogP contribution in [-0.2, 0) is 0 Å². The fourth-order valence-electron chi connectivity index (χ4n) is 1.27. The van der Waals surface area contributed by atoms with E-state index in [1.807, 2.05) is 11.8 Å². The lowest BCUT2D eigenvalue weighted by Crippen LogP contribution is -2.25. The highest BCUT2D eigenvalue weighted by atomic mass is 32.2. The van der Waals surface area contributed by atoms with Crippen molar-refractivity contribution in [3.63, 3.8) is 0 Å². The van der Waals surface area contributed by atoms with Gasteiger partial charge in [0.1, 0.15) is 0 Å². The molecule has 0 fully saturated rings. The third kappa shape index (κ3) is 8.47. The zero-order valence-corrected chi connectivity index (χ0v) is 10.6. The second-order valence-corrected chi connectivity index (χ2v) is 4.54. The van der Waals surface area contributed by atoms with Crippen LogP contribution in [-0.4, -0.2) is 36.0 Å². The predicted octanol–water partition coefficient (Wildman–Crippen LogP) is 2.86. The monoisotopic (exact) mass is 213 g/mol. The maximum atomic E-state index is 3.24. The molecule has 0 aliphatic heterocycles. The first-order valence-corrected chi connectivity index (χ1v) is 6.76. The largest absolute Gasteiger partial charge is 0.292 e. The summed E-state index contributed by atoms with van der Waals surface area (Å²) in [7, 11) is 0. The summed E-state index contributed by atoms with van der Waals surface area (Å²) in [5, 5.41) is 0. The van der Waals surface area contributed by atoms with Crippen molar-refractivity contribution < 1.29 is 0 Å². The molecule has 0 aromatic carbocycles. The van der Waals surface area contributed by atoms with Crippen molar-refractivity contribution in [1.82, 2.24) is 4.90 Å². The summed E-state index contributed by atoms with van der Waals surface area (Å²) in [6, 6.07) is 0. The Bertz CT molecular complexity index is 163. The summed E-state index contributed by atoms with van der Waals surface area (Å²) in [4.78, 5) is 2.43. The molecule has 0 heterocycles. The molecule has 0 aliphatic rings. The van der Waals surface area contributed by atoms with Crippen LogP contribution in [0.2, 0.25) is 0 Å². The van der Waals surface area contributed by atoms with Gasteiger partial charge in [0.15, 0.2) is 0 Å². The highest BCUT2D eigenvalue weighted by Crippen LogP contribution is 1.95. The van der Waals surface area contributed by atoms with Crippen LogP contribution in [0.1, 0.15) is 33.6 Å². The van der Waals surface area contributed by atoms with Crippen LogP contribution in [0.15, 0.2) is 0 Å². The van der Waals surface area contributed by atoms with E-state index >= 15 is 0 Å². The lowest BCUT2D eigenvalue weighted by molar-refractivity contribution is 0.308. The van der Waals surface area contributed by atoms with Crippen LogP contribution in [0.4, 0.5) is 0 Å². The number of hydrogen-bond donors (Lipinski definition) is 0. The molecule has 0 aromatic heterocycles. The van der Waals surface area contributed by atoms with E-state index in [0.717, 1.165) is 12.3 Å². The van der Waals surface area contributed by atoms with E-state index in [9.17, 15) is 0 Å². The smallest absolute Gasteiger partial charge is 0.0601 e. The van der Waals surface area contributed by atoms with Gasteiger partial charge in [0.2, 0.25) is 0 Å². The lowest BCUT2D eigenvalue weighted by Gasteiger charge is -2.17. The average Bonchev–Trinajstić information content (AvgIpc) is 2.18. The maximum Gasteiger partial charge on any atom is 0.0601 e. The highest BCUT2D eigenvalue weighted by molar-refractivity contribution is 7.99. The SMILES string of the molecule is CCCN(CC#CCSCC)CCC. The van der Waals surface area contributed by atoms with Gasteiger partial charge in [-0.3, -0.25) is 4.90 Å². The number of thioether (sulfide) groups is 1. The second kappa shape index (κ2) is 10.9. The van der Waals surface area contributed by atoms with Crippen molar-refractivity contribution in [2.45, 2.75) is 33.6 Å². The van der Waals surface area contributed by atoms with Gasteiger partial charge < -0.3 is 0 Å². The van der Waals surface area contributed by atoms with Gasteiger partial charge in [0, 0.05) is 0 Å². The first-order chi connectivity index (χ1) is 6.85. The zero-order valence-electron chi connectivity index (χ0n) is 9.81. The normalized spacial score (nSPS) is 10.0. The van der Waals surface area contributed by atoms with E-state index in [1.54, 1.807) is 0 Å². The van der Waals surface area contributed by atoms with Gasteiger partial charge in [-0.2, -0.15) is 0 Å². The molecule has 2 heteroatoms. The summed E-state index contributed by atoms with van der Waals surface area (Å²) < 4.78 is 0. The minimum atomic E-state index is 0.950. The Morgan fingerprint density at radius 1 is 1.00 bits per heavy atom. The minimum Gasteiger partial charge on any atom is -0.292 e. The van der Waals surface area contributed by atoms with Gasteiger partial charge in [0.05, 0.1) is 12.3 Å².